The van der Waals surface area contributed by atoms with Crippen molar-refractivity contribution in [2.24, 2.45) is 0 Å². The molecule has 3 nitrogen and oxygen atoms in total. The standard InChI is InChI=1S/C14H19NO2S/c1-12-10-15(7-3-9-17-12)11-14-6-5-13(18-14)4-2-8-16/h5-6,12,16H,3,7-11H2,1H3. The lowest BCUT2D eigenvalue weighted by atomic mass is 10.3. The summed E-state index contributed by atoms with van der Waals surface area (Å²) in [5, 5.41) is 8.66. The molecule has 1 fully saturated rings. The number of aliphatic hydroxyl groups is 1. The molecule has 1 N–H and O–H groups in total. The Kier molecular flexibility index (Phi) is 5.21. The smallest absolute Gasteiger partial charge is 0.104 e. The van der Waals surface area contributed by atoms with Crippen molar-refractivity contribution in [3.05, 3.63) is 21.9 Å². The van der Waals surface area contributed by atoms with Crippen molar-refractivity contribution in [3.8, 4) is 11.8 Å². The van der Waals surface area contributed by atoms with Crippen LogP contribution in [0.2, 0.25) is 0 Å². The van der Waals surface area contributed by atoms with Gasteiger partial charge in [-0.2, -0.15) is 0 Å². The lowest BCUT2D eigenvalue weighted by molar-refractivity contribution is 0.0669. The molecular weight excluding hydrogens is 246 g/mol. The highest BCUT2D eigenvalue weighted by molar-refractivity contribution is 7.12. The third kappa shape index (κ3) is 4.11. The molecule has 1 aliphatic rings. The van der Waals surface area contributed by atoms with Crippen molar-refractivity contribution in [1.29, 1.82) is 0 Å². The van der Waals surface area contributed by atoms with Gasteiger partial charge < -0.3 is 9.84 Å². The number of hydrogen-bond donors (Lipinski definition) is 1. The Labute approximate surface area is 112 Å². The fourth-order valence-corrected chi connectivity index (χ4v) is 3.03. The largest absolute Gasteiger partial charge is 0.384 e. The molecule has 0 amide bonds. The van der Waals surface area contributed by atoms with Crippen molar-refractivity contribution in [1.82, 2.24) is 4.90 Å². The van der Waals surface area contributed by atoms with Crippen LogP contribution < -0.4 is 0 Å². The van der Waals surface area contributed by atoms with Crippen molar-refractivity contribution >= 4 is 11.3 Å². The van der Waals surface area contributed by atoms with E-state index in [-0.39, 0.29) is 6.61 Å². The van der Waals surface area contributed by atoms with E-state index in [0.29, 0.717) is 6.10 Å². The average Bonchev–Trinajstić information content (AvgIpc) is 2.69. The molecule has 18 heavy (non-hydrogen) atoms. The van der Waals surface area contributed by atoms with E-state index in [1.165, 1.54) is 4.88 Å². The molecule has 1 aliphatic heterocycles. The molecule has 1 unspecified atom stereocenters. The fraction of sp³-hybridized carbons (Fsp3) is 0.571. The Morgan fingerprint density at radius 2 is 2.44 bits per heavy atom. The predicted octanol–water partition coefficient (Wildman–Crippen LogP) is 1.70. The molecule has 2 heterocycles. The van der Waals surface area contributed by atoms with Crippen LogP contribution in [-0.2, 0) is 11.3 Å². The number of ether oxygens (including phenoxy) is 1. The van der Waals surface area contributed by atoms with Gasteiger partial charge in [0.25, 0.3) is 0 Å². The van der Waals surface area contributed by atoms with E-state index in [0.717, 1.165) is 37.5 Å². The fourth-order valence-electron chi connectivity index (χ4n) is 2.10. The van der Waals surface area contributed by atoms with Crippen molar-refractivity contribution in [2.45, 2.75) is 26.0 Å². The molecule has 0 aromatic carbocycles. The van der Waals surface area contributed by atoms with Crippen LogP contribution in [0.3, 0.4) is 0 Å². The Bertz CT molecular complexity index is 432. The van der Waals surface area contributed by atoms with Gasteiger partial charge in [-0.25, -0.2) is 0 Å². The second-order valence-corrected chi connectivity index (χ2v) is 5.66. The number of thiophene rings is 1. The van der Waals surface area contributed by atoms with Crippen LogP contribution in [0.25, 0.3) is 0 Å². The summed E-state index contributed by atoms with van der Waals surface area (Å²) in [6.07, 6.45) is 1.42. The molecule has 1 aromatic heterocycles. The monoisotopic (exact) mass is 265 g/mol. The average molecular weight is 265 g/mol. The van der Waals surface area contributed by atoms with Gasteiger partial charge in [-0.3, -0.25) is 4.90 Å². The molecule has 0 spiro atoms. The summed E-state index contributed by atoms with van der Waals surface area (Å²) in [5.41, 5.74) is 0. The highest BCUT2D eigenvalue weighted by atomic mass is 32.1. The van der Waals surface area contributed by atoms with Crippen molar-refractivity contribution < 1.29 is 9.84 Å². The molecule has 0 bridgehead atoms. The van der Waals surface area contributed by atoms with E-state index in [4.69, 9.17) is 9.84 Å². The number of hydrogen-bond acceptors (Lipinski definition) is 4. The van der Waals surface area contributed by atoms with E-state index < -0.39 is 0 Å². The molecule has 2 rings (SSSR count). The molecule has 0 radical (unpaired) electrons. The van der Waals surface area contributed by atoms with E-state index in [9.17, 15) is 0 Å². The minimum atomic E-state index is -0.0752. The van der Waals surface area contributed by atoms with Gasteiger partial charge in [0.1, 0.15) is 6.61 Å². The van der Waals surface area contributed by atoms with Crippen molar-refractivity contribution in [2.75, 3.05) is 26.3 Å². The summed E-state index contributed by atoms with van der Waals surface area (Å²) in [6.45, 7) is 5.99. The summed E-state index contributed by atoms with van der Waals surface area (Å²) in [5.74, 6) is 5.63. The summed E-state index contributed by atoms with van der Waals surface area (Å²) >= 11 is 1.71. The summed E-state index contributed by atoms with van der Waals surface area (Å²) in [7, 11) is 0. The summed E-state index contributed by atoms with van der Waals surface area (Å²) < 4.78 is 5.64. The maximum absolute atomic E-state index is 8.66. The summed E-state index contributed by atoms with van der Waals surface area (Å²) in [6, 6.07) is 4.16. The zero-order valence-corrected chi connectivity index (χ0v) is 11.5. The molecule has 0 saturated carbocycles. The lowest BCUT2D eigenvalue weighted by Crippen LogP contribution is -2.29. The van der Waals surface area contributed by atoms with Crippen LogP contribution in [0.1, 0.15) is 23.1 Å². The van der Waals surface area contributed by atoms with Crippen LogP contribution in [-0.4, -0.2) is 42.4 Å². The molecule has 1 saturated heterocycles. The maximum Gasteiger partial charge on any atom is 0.104 e. The Morgan fingerprint density at radius 3 is 3.28 bits per heavy atom. The number of nitrogens with zero attached hydrogens (tertiary/aromatic N) is 1. The Balaban J connectivity index is 1.93. The Morgan fingerprint density at radius 1 is 1.56 bits per heavy atom. The summed E-state index contributed by atoms with van der Waals surface area (Å²) in [4.78, 5) is 4.79. The molecule has 98 valence electrons. The highest BCUT2D eigenvalue weighted by Crippen LogP contribution is 2.18. The minimum absolute atomic E-state index is 0.0752. The van der Waals surface area contributed by atoms with Crippen LogP contribution in [0.15, 0.2) is 12.1 Å². The zero-order chi connectivity index (χ0) is 12.8. The SMILES string of the molecule is CC1CN(Cc2ccc(C#CCO)s2)CCCO1. The second-order valence-electron chi connectivity index (χ2n) is 4.50. The van der Waals surface area contributed by atoms with Gasteiger partial charge in [0, 0.05) is 31.1 Å². The number of aliphatic hydroxyl groups excluding tert-OH is 1. The lowest BCUT2D eigenvalue weighted by Gasteiger charge is -2.20. The van der Waals surface area contributed by atoms with Gasteiger partial charge in [0.15, 0.2) is 0 Å². The van der Waals surface area contributed by atoms with E-state index >= 15 is 0 Å². The van der Waals surface area contributed by atoms with Crippen LogP contribution in [0.4, 0.5) is 0 Å². The highest BCUT2D eigenvalue weighted by Gasteiger charge is 2.15. The van der Waals surface area contributed by atoms with E-state index in [2.05, 4.69) is 29.7 Å². The van der Waals surface area contributed by atoms with E-state index in [1.54, 1.807) is 11.3 Å². The van der Waals surface area contributed by atoms with E-state index in [1.807, 2.05) is 6.07 Å². The van der Waals surface area contributed by atoms with Gasteiger partial charge in [-0.1, -0.05) is 11.8 Å². The van der Waals surface area contributed by atoms with Crippen molar-refractivity contribution in [3.63, 3.8) is 0 Å². The topological polar surface area (TPSA) is 32.7 Å². The van der Waals surface area contributed by atoms with Crippen LogP contribution in [0.5, 0.6) is 0 Å². The normalized spacial score (nSPS) is 21.1. The quantitative estimate of drug-likeness (QED) is 0.826. The third-order valence-corrected chi connectivity index (χ3v) is 3.85. The van der Waals surface area contributed by atoms with Gasteiger partial charge in [0.2, 0.25) is 0 Å². The van der Waals surface area contributed by atoms with Gasteiger partial charge in [-0.15, -0.1) is 11.3 Å². The van der Waals surface area contributed by atoms with Gasteiger partial charge >= 0.3 is 0 Å². The molecular formula is C14H19NO2S. The molecule has 1 aromatic rings. The first-order valence-electron chi connectivity index (χ1n) is 6.30. The Hall–Kier alpha value is -0.860. The maximum atomic E-state index is 8.66. The molecule has 4 heteroatoms. The first-order valence-corrected chi connectivity index (χ1v) is 7.12. The van der Waals surface area contributed by atoms with Gasteiger partial charge in [-0.05, 0) is 25.5 Å². The van der Waals surface area contributed by atoms with Crippen LogP contribution in [0, 0.1) is 11.8 Å². The molecule has 1 atom stereocenters. The third-order valence-electron chi connectivity index (χ3n) is 2.87. The number of rotatable bonds is 2. The first-order chi connectivity index (χ1) is 8.78. The zero-order valence-electron chi connectivity index (χ0n) is 10.7. The first kappa shape index (κ1) is 13.6. The second kappa shape index (κ2) is 6.91. The minimum Gasteiger partial charge on any atom is -0.384 e. The van der Waals surface area contributed by atoms with Crippen LogP contribution >= 0.6 is 11.3 Å². The molecule has 0 aliphatic carbocycles. The predicted molar refractivity (Wildman–Crippen MR) is 73.6 cm³/mol. The van der Waals surface area contributed by atoms with Gasteiger partial charge in [0.05, 0.1) is 11.0 Å².